The van der Waals surface area contributed by atoms with Crippen molar-refractivity contribution in [1.82, 2.24) is 4.90 Å². The molecule has 1 saturated heterocycles. The van der Waals surface area contributed by atoms with Crippen LogP contribution in [-0.4, -0.2) is 30.6 Å². The van der Waals surface area contributed by atoms with Crippen LogP contribution >= 0.6 is 0 Å². The SMILES string of the molecule is CC1CCCCN1Cc1cccc2c1OCCN2. The average molecular weight is 246 g/mol. The number of piperidine rings is 1. The van der Waals surface area contributed by atoms with Crippen LogP contribution in [-0.2, 0) is 6.54 Å². The van der Waals surface area contributed by atoms with E-state index in [-0.39, 0.29) is 0 Å². The van der Waals surface area contributed by atoms with Gasteiger partial charge in [-0.2, -0.15) is 0 Å². The molecule has 2 heterocycles. The normalized spacial score (nSPS) is 23.9. The Hall–Kier alpha value is -1.22. The highest BCUT2D eigenvalue weighted by molar-refractivity contribution is 5.61. The van der Waals surface area contributed by atoms with Crippen molar-refractivity contribution in [2.75, 3.05) is 25.0 Å². The largest absolute Gasteiger partial charge is 0.489 e. The molecule has 0 aromatic heterocycles. The van der Waals surface area contributed by atoms with E-state index in [1.165, 1.54) is 31.4 Å². The van der Waals surface area contributed by atoms with Gasteiger partial charge in [-0.3, -0.25) is 4.90 Å². The van der Waals surface area contributed by atoms with Crippen molar-refractivity contribution in [2.24, 2.45) is 0 Å². The minimum atomic E-state index is 0.700. The van der Waals surface area contributed by atoms with Gasteiger partial charge in [-0.05, 0) is 32.4 Å². The molecular weight excluding hydrogens is 224 g/mol. The number of benzene rings is 1. The van der Waals surface area contributed by atoms with E-state index >= 15 is 0 Å². The third kappa shape index (κ3) is 2.32. The number of fused-ring (bicyclic) bond motifs is 1. The molecule has 1 aromatic carbocycles. The van der Waals surface area contributed by atoms with E-state index < -0.39 is 0 Å². The molecule has 3 heteroatoms. The van der Waals surface area contributed by atoms with Gasteiger partial charge < -0.3 is 10.1 Å². The van der Waals surface area contributed by atoms with E-state index in [0.717, 1.165) is 31.1 Å². The molecular formula is C15H22N2O. The van der Waals surface area contributed by atoms with Crippen LogP contribution in [0.1, 0.15) is 31.7 Å². The molecule has 1 aromatic rings. The first-order valence-corrected chi connectivity index (χ1v) is 7.07. The second-order valence-electron chi connectivity index (χ2n) is 5.38. The Morgan fingerprint density at radius 2 is 2.33 bits per heavy atom. The van der Waals surface area contributed by atoms with E-state index in [4.69, 9.17) is 4.74 Å². The van der Waals surface area contributed by atoms with Gasteiger partial charge in [0.25, 0.3) is 0 Å². The van der Waals surface area contributed by atoms with E-state index in [9.17, 15) is 0 Å². The number of para-hydroxylation sites is 1. The highest BCUT2D eigenvalue weighted by Crippen LogP contribution is 2.33. The number of hydrogen-bond acceptors (Lipinski definition) is 3. The summed E-state index contributed by atoms with van der Waals surface area (Å²) in [6.45, 7) is 6.27. The van der Waals surface area contributed by atoms with Gasteiger partial charge in [0, 0.05) is 24.7 Å². The van der Waals surface area contributed by atoms with E-state index in [1.807, 2.05) is 0 Å². The summed E-state index contributed by atoms with van der Waals surface area (Å²) in [5.74, 6) is 1.07. The molecule has 0 amide bonds. The van der Waals surface area contributed by atoms with Crippen LogP contribution in [0.5, 0.6) is 5.75 Å². The summed E-state index contributed by atoms with van der Waals surface area (Å²) < 4.78 is 5.84. The maximum absolute atomic E-state index is 5.84. The number of nitrogens with zero attached hydrogens (tertiary/aromatic N) is 1. The van der Waals surface area contributed by atoms with Crippen LogP contribution in [0.3, 0.4) is 0 Å². The van der Waals surface area contributed by atoms with E-state index in [2.05, 4.69) is 35.3 Å². The fraction of sp³-hybridized carbons (Fsp3) is 0.600. The lowest BCUT2D eigenvalue weighted by Gasteiger charge is -2.34. The molecule has 18 heavy (non-hydrogen) atoms. The zero-order chi connectivity index (χ0) is 12.4. The smallest absolute Gasteiger partial charge is 0.146 e. The molecule has 1 N–H and O–H groups in total. The molecule has 3 nitrogen and oxygen atoms in total. The molecule has 0 spiro atoms. The quantitative estimate of drug-likeness (QED) is 0.868. The summed E-state index contributed by atoms with van der Waals surface area (Å²) in [6, 6.07) is 7.14. The predicted octanol–water partition coefficient (Wildman–Crippen LogP) is 2.87. The maximum Gasteiger partial charge on any atom is 0.146 e. The molecule has 0 bridgehead atoms. The number of hydrogen-bond donors (Lipinski definition) is 1. The third-order valence-corrected chi connectivity index (χ3v) is 4.07. The standard InChI is InChI=1S/C15H22N2O/c1-12-5-2-3-9-17(12)11-13-6-4-7-14-15(13)18-10-8-16-14/h4,6-7,12,16H,2-3,5,8-11H2,1H3. The summed E-state index contributed by atoms with van der Waals surface area (Å²) in [4.78, 5) is 2.58. The van der Waals surface area contributed by atoms with Gasteiger partial charge in [0.1, 0.15) is 12.4 Å². The summed E-state index contributed by atoms with van der Waals surface area (Å²) in [5, 5.41) is 3.41. The summed E-state index contributed by atoms with van der Waals surface area (Å²) in [6.07, 6.45) is 4.04. The van der Waals surface area contributed by atoms with Crippen LogP contribution < -0.4 is 10.1 Å². The summed E-state index contributed by atoms with van der Waals surface area (Å²) >= 11 is 0. The average Bonchev–Trinajstić information content (AvgIpc) is 2.42. The molecule has 1 fully saturated rings. The Balaban J connectivity index is 1.79. The van der Waals surface area contributed by atoms with Crippen LogP contribution in [0.4, 0.5) is 5.69 Å². The van der Waals surface area contributed by atoms with Gasteiger partial charge >= 0.3 is 0 Å². The molecule has 0 radical (unpaired) electrons. The zero-order valence-corrected chi connectivity index (χ0v) is 11.1. The van der Waals surface area contributed by atoms with Crippen molar-refractivity contribution < 1.29 is 4.74 Å². The predicted molar refractivity (Wildman–Crippen MR) is 74.1 cm³/mol. The number of nitrogens with one attached hydrogen (secondary N) is 1. The van der Waals surface area contributed by atoms with Gasteiger partial charge in [0.05, 0.1) is 5.69 Å². The van der Waals surface area contributed by atoms with Crippen LogP contribution in [0, 0.1) is 0 Å². The fourth-order valence-electron chi connectivity index (χ4n) is 2.97. The lowest BCUT2D eigenvalue weighted by atomic mass is 10.0. The molecule has 1 unspecified atom stereocenters. The summed E-state index contributed by atoms with van der Waals surface area (Å²) in [5.41, 5.74) is 2.48. The Bertz CT molecular complexity index is 419. The first-order chi connectivity index (χ1) is 8.84. The Morgan fingerprint density at radius 3 is 3.22 bits per heavy atom. The maximum atomic E-state index is 5.84. The molecule has 2 aliphatic rings. The van der Waals surface area contributed by atoms with Gasteiger partial charge in [0.2, 0.25) is 0 Å². The molecule has 0 saturated carbocycles. The van der Waals surface area contributed by atoms with Crippen LogP contribution in [0.25, 0.3) is 0 Å². The highest BCUT2D eigenvalue weighted by atomic mass is 16.5. The second-order valence-corrected chi connectivity index (χ2v) is 5.38. The highest BCUT2D eigenvalue weighted by Gasteiger charge is 2.21. The minimum Gasteiger partial charge on any atom is -0.489 e. The van der Waals surface area contributed by atoms with E-state index in [1.54, 1.807) is 0 Å². The van der Waals surface area contributed by atoms with Crippen molar-refractivity contribution >= 4 is 5.69 Å². The van der Waals surface area contributed by atoms with Crippen LogP contribution in [0.2, 0.25) is 0 Å². The Morgan fingerprint density at radius 1 is 1.39 bits per heavy atom. The number of rotatable bonds is 2. The lowest BCUT2D eigenvalue weighted by Crippen LogP contribution is -2.37. The molecule has 0 aliphatic carbocycles. The third-order valence-electron chi connectivity index (χ3n) is 4.07. The first kappa shape index (κ1) is 11.8. The molecule has 98 valence electrons. The van der Waals surface area contributed by atoms with Gasteiger partial charge in [-0.15, -0.1) is 0 Å². The number of likely N-dealkylation sites (tertiary alicyclic amines) is 1. The number of anilines is 1. The number of ether oxygens (including phenoxy) is 1. The van der Waals surface area contributed by atoms with Gasteiger partial charge in [-0.1, -0.05) is 18.6 Å². The Labute approximate surface area is 109 Å². The van der Waals surface area contributed by atoms with Gasteiger partial charge in [0.15, 0.2) is 0 Å². The van der Waals surface area contributed by atoms with Crippen molar-refractivity contribution in [3.63, 3.8) is 0 Å². The topological polar surface area (TPSA) is 24.5 Å². The molecule has 2 aliphatic heterocycles. The second kappa shape index (κ2) is 5.19. The lowest BCUT2D eigenvalue weighted by molar-refractivity contribution is 0.150. The Kier molecular flexibility index (Phi) is 3.41. The van der Waals surface area contributed by atoms with Crippen molar-refractivity contribution in [2.45, 2.75) is 38.8 Å². The molecule has 1 atom stereocenters. The van der Waals surface area contributed by atoms with E-state index in [0.29, 0.717) is 6.04 Å². The van der Waals surface area contributed by atoms with Crippen molar-refractivity contribution in [1.29, 1.82) is 0 Å². The first-order valence-electron chi connectivity index (χ1n) is 7.07. The zero-order valence-electron chi connectivity index (χ0n) is 11.1. The monoisotopic (exact) mass is 246 g/mol. The minimum absolute atomic E-state index is 0.700. The van der Waals surface area contributed by atoms with Crippen LogP contribution in [0.15, 0.2) is 18.2 Å². The van der Waals surface area contributed by atoms with Crippen molar-refractivity contribution in [3.05, 3.63) is 23.8 Å². The molecule has 3 rings (SSSR count). The van der Waals surface area contributed by atoms with Gasteiger partial charge in [-0.25, -0.2) is 0 Å². The van der Waals surface area contributed by atoms with Crippen molar-refractivity contribution in [3.8, 4) is 5.75 Å². The fourth-order valence-corrected chi connectivity index (χ4v) is 2.97. The summed E-state index contributed by atoms with van der Waals surface area (Å²) in [7, 11) is 0.